The van der Waals surface area contributed by atoms with E-state index in [9.17, 15) is 4.39 Å². The van der Waals surface area contributed by atoms with Crippen LogP contribution >= 0.6 is 23.4 Å². The maximum atomic E-state index is 13.3. The van der Waals surface area contributed by atoms with Crippen molar-refractivity contribution in [2.75, 3.05) is 12.8 Å². The van der Waals surface area contributed by atoms with Gasteiger partial charge >= 0.3 is 0 Å². The average molecular weight is 302 g/mol. The van der Waals surface area contributed by atoms with E-state index in [-0.39, 0.29) is 11.9 Å². The molecule has 0 aromatic heterocycles. The summed E-state index contributed by atoms with van der Waals surface area (Å²) in [6.07, 6.45) is 6.71. The molecule has 1 saturated carbocycles. The first-order valence-electron chi connectivity index (χ1n) is 6.94. The molecule has 0 heterocycles. The number of halogens is 2. The number of rotatable bonds is 5. The lowest BCUT2D eigenvalue weighted by Gasteiger charge is -2.24. The zero-order chi connectivity index (χ0) is 13.7. The fourth-order valence-corrected chi connectivity index (χ4v) is 4.30. The van der Waals surface area contributed by atoms with Crippen LogP contribution < -0.4 is 5.32 Å². The SMILES string of the molecule is CNC(CSC1CCCCC1)c1cc(F)ccc1Cl. The predicted octanol–water partition coefficient (Wildman–Crippen LogP) is 4.81. The molecule has 0 radical (unpaired) electrons. The number of nitrogens with one attached hydrogen (secondary N) is 1. The van der Waals surface area contributed by atoms with Crippen molar-refractivity contribution in [2.45, 2.75) is 43.4 Å². The Hall–Kier alpha value is -0.250. The van der Waals surface area contributed by atoms with Gasteiger partial charge in [0.15, 0.2) is 0 Å². The van der Waals surface area contributed by atoms with Crippen molar-refractivity contribution in [2.24, 2.45) is 0 Å². The Bertz CT molecular complexity index is 407. The molecule has 1 atom stereocenters. The molecule has 106 valence electrons. The molecule has 1 aromatic carbocycles. The summed E-state index contributed by atoms with van der Waals surface area (Å²) >= 11 is 8.17. The maximum absolute atomic E-state index is 13.3. The summed E-state index contributed by atoms with van der Waals surface area (Å²) in [4.78, 5) is 0. The summed E-state index contributed by atoms with van der Waals surface area (Å²) in [5.41, 5.74) is 0.868. The van der Waals surface area contributed by atoms with Crippen LogP contribution in [0.5, 0.6) is 0 Å². The van der Waals surface area contributed by atoms with Crippen molar-refractivity contribution < 1.29 is 4.39 Å². The fourth-order valence-electron chi connectivity index (χ4n) is 2.57. The lowest BCUT2D eigenvalue weighted by molar-refractivity contribution is 0.514. The van der Waals surface area contributed by atoms with Gasteiger partial charge in [0, 0.05) is 22.1 Å². The minimum atomic E-state index is -0.220. The molecule has 1 aliphatic rings. The highest BCUT2D eigenvalue weighted by atomic mass is 35.5. The molecule has 0 saturated heterocycles. The fraction of sp³-hybridized carbons (Fsp3) is 0.600. The number of thioether (sulfide) groups is 1. The summed E-state index contributed by atoms with van der Waals surface area (Å²) in [6, 6.07) is 4.72. The van der Waals surface area contributed by atoms with E-state index in [1.54, 1.807) is 12.1 Å². The normalized spacial score (nSPS) is 18.5. The molecule has 0 aliphatic heterocycles. The standard InChI is InChI=1S/C15H21ClFNS/c1-18-15(10-19-12-5-3-2-4-6-12)13-9-11(17)7-8-14(13)16/h7-9,12,15,18H,2-6,10H2,1H3. The molecule has 0 bridgehead atoms. The van der Waals surface area contributed by atoms with Crippen molar-refractivity contribution in [3.05, 3.63) is 34.6 Å². The van der Waals surface area contributed by atoms with Crippen molar-refractivity contribution in [1.29, 1.82) is 0 Å². The van der Waals surface area contributed by atoms with Crippen molar-refractivity contribution in [3.8, 4) is 0 Å². The number of hydrogen-bond acceptors (Lipinski definition) is 2. The summed E-state index contributed by atoms with van der Waals surface area (Å²) in [5, 5.41) is 4.66. The van der Waals surface area contributed by atoms with E-state index in [0.717, 1.165) is 16.6 Å². The molecule has 19 heavy (non-hydrogen) atoms. The molecular weight excluding hydrogens is 281 g/mol. The molecular formula is C15H21ClFNS. The predicted molar refractivity (Wildman–Crippen MR) is 82.5 cm³/mol. The Kier molecular flexibility index (Phi) is 5.99. The molecule has 1 fully saturated rings. The van der Waals surface area contributed by atoms with E-state index in [0.29, 0.717) is 5.02 Å². The van der Waals surface area contributed by atoms with E-state index in [2.05, 4.69) is 5.32 Å². The van der Waals surface area contributed by atoms with Crippen LogP contribution in [0.25, 0.3) is 0 Å². The van der Waals surface area contributed by atoms with E-state index in [1.807, 2.05) is 18.8 Å². The lowest BCUT2D eigenvalue weighted by atomic mass is 10.0. The molecule has 1 nitrogen and oxygen atoms in total. The third-order valence-electron chi connectivity index (χ3n) is 3.73. The quantitative estimate of drug-likeness (QED) is 0.838. The first-order valence-corrected chi connectivity index (χ1v) is 8.37. The van der Waals surface area contributed by atoms with Gasteiger partial charge in [0.1, 0.15) is 5.82 Å². The highest BCUT2D eigenvalue weighted by Gasteiger charge is 2.18. The third-order valence-corrected chi connectivity index (χ3v) is 5.55. The highest BCUT2D eigenvalue weighted by molar-refractivity contribution is 7.99. The van der Waals surface area contributed by atoms with E-state index in [1.165, 1.54) is 38.2 Å². The van der Waals surface area contributed by atoms with Gasteiger partial charge in [-0.3, -0.25) is 0 Å². The molecule has 1 aliphatic carbocycles. The zero-order valence-electron chi connectivity index (χ0n) is 11.3. The van der Waals surface area contributed by atoms with Crippen molar-refractivity contribution in [1.82, 2.24) is 5.32 Å². The molecule has 1 aromatic rings. The number of hydrogen-bond donors (Lipinski definition) is 1. The van der Waals surface area contributed by atoms with Gasteiger partial charge in [-0.2, -0.15) is 11.8 Å². The van der Waals surface area contributed by atoms with Crippen LogP contribution in [0.4, 0.5) is 4.39 Å². The third kappa shape index (κ3) is 4.37. The lowest BCUT2D eigenvalue weighted by Crippen LogP contribution is -2.21. The highest BCUT2D eigenvalue weighted by Crippen LogP contribution is 2.32. The van der Waals surface area contributed by atoms with E-state index >= 15 is 0 Å². The van der Waals surface area contributed by atoms with Crippen LogP contribution in [-0.4, -0.2) is 18.1 Å². The smallest absolute Gasteiger partial charge is 0.123 e. The van der Waals surface area contributed by atoms with Gasteiger partial charge in [0.2, 0.25) is 0 Å². The minimum absolute atomic E-state index is 0.120. The summed E-state index contributed by atoms with van der Waals surface area (Å²) in [7, 11) is 1.91. The monoisotopic (exact) mass is 301 g/mol. The summed E-state index contributed by atoms with van der Waals surface area (Å²) in [5.74, 6) is 0.729. The van der Waals surface area contributed by atoms with Gasteiger partial charge in [-0.1, -0.05) is 30.9 Å². The molecule has 1 unspecified atom stereocenters. The van der Waals surface area contributed by atoms with E-state index < -0.39 is 0 Å². The molecule has 2 rings (SSSR count). The molecule has 1 N–H and O–H groups in total. The van der Waals surface area contributed by atoms with Gasteiger partial charge in [-0.15, -0.1) is 0 Å². The largest absolute Gasteiger partial charge is 0.312 e. The van der Waals surface area contributed by atoms with E-state index in [4.69, 9.17) is 11.6 Å². The Labute approximate surface area is 124 Å². The van der Waals surface area contributed by atoms with Gasteiger partial charge in [-0.25, -0.2) is 4.39 Å². The molecule has 0 spiro atoms. The summed E-state index contributed by atoms with van der Waals surface area (Å²) in [6.45, 7) is 0. The van der Waals surface area contributed by atoms with Crippen LogP contribution in [0.1, 0.15) is 43.7 Å². The first-order chi connectivity index (χ1) is 9.20. The second-order valence-electron chi connectivity index (χ2n) is 5.10. The Morgan fingerprint density at radius 2 is 2.11 bits per heavy atom. The zero-order valence-corrected chi connectivity index (χ0v) is 12.9. The van der Waals surface area contributed by atoms with Gasteiger partial charge in [0.05, 0.1) is 0 Å². The molecule has 0 amide bonds. The summed E-state index contributed by atoms with van der Waals surface area (Å²) < 4.78 is 13.3. The Balaban J connectivity index is 1.97. The Morgan fingerprint density at radius 1 is 1.37 bits per heavy atom. The van der Waals surface area contributed by atoms with Crippen LogP contribution in [0.3, 0.4) is 0 Å². The second kappa shape index (κ2) is 7.51. The van der Waals surface area contributed by atoms with Crippen LogP contribution in [0, 0.1) is 5.82 Å². The first kappa shape index (κ1) is 15.1. The van der Waals surface area contributed by atoms with Gasteiger partial charge in [-0.05, 0) is 43.7 Å². The van der Waals surface area contributed by atoms with Gasteiger partial charge < -0.3 is 5.32 Å². The van der Waals surface area contributed by atoms with Crippen molar-refractivity contribution in [3.63, 3.8) is 0 Å². The van der Waals surface area contributed by atoms with Crippen molar-refractivity contribution >= 4 is 23.4 Å². The average Bonchev–Trinajstić information content (AvgIpc) is 2.44. The minimum Gasteiger partial charge on any atom is -0.312 e. The molecule has 4 heteroatoms. The Morgan fingerprint density at radius 3 is 2.79 bits per heavy atom. The second-order valence-corrected chi connectivity index (χ2v) is 6.84. The van der Waals surface area contributed by atoms with Gasteiger partial charge in [0.25, 0.3) is 0 Å². The van der Waals surface area contributed by atoms with Crippen LogP contribution in [0.15, 0.2) is 18.2 Å². The topological polar surface area (TPSA) is 12.0 Å². The van der Waals surface area contributed by atoms with Crippen LogP contribution in [-0.2, 0) is 0 Å². The number of benzene rings is 1. The maximum Gasteiger partial charge on any atom is 0.123 e. The van der Waals surface area contributed by atoms with Crippen LogP contribution in [0.2, 0.25) is 5.02 Å².